The van der Waals surface area contributed by atoms with Crippen molar-refractivity contribution in [1.82, 2.24) is 9.97 Å². The third-order valence-corrected chi connectivity index (χ3v) is 3.41. The molecule has 5 heteroatoms. The third-order valence-electron chi connectivity index (χ3n) is 2.42. The molecule has 0 aliphatic carbocycles. The van der Waals surface area contributed by atoms with E-state index < -0.39 is 6.10 Å². The van der Waals surface area contributed by atoms with Crippen LogP contribution in [0, 0.1) is 12.7 Å². The van der Waals surface area contributed by atoms with Crippen LogP contribution in [0.5, 0.6) is 0 Å². The molecule has 0 radical (unpaired) electrons. The van der Waals surface area contributed by atoms with E-state index in [0.29, 0.717) is 11.1 Å². The van der Waals surface area contributed by atoms with Gasteiger partial charge >= 0.3 is 0 Å². The number of aliphatic hydroxyl groups is 1. The van der Waals surface area contributed by atoms with Gasteiger partial charge in [-0.3, -0.25) is 0 Å². The minimum absolute atomic E-state index is 0.301. The van der Waals surface area contributed by atoms with Crippen molar-refractivity contribution in [1.29, 1.82) is 0 Å². The first-order chi connectivity index (χ1) is 8.08. The van der Waals surface area contributed by atoms with Gasteiger partial charge in [0, 0.05) is 17.3 Å². The predicted molar refractivity (Wildman–Crippen MR) is 64.5 cm³/mol. The Morgan fingerprint density at radius 2 is 2.24 bits per heavy atom. The van der Waals surface area contributed by atoms with Crippen LogP contribution in [0.4, 0.5) is 4.39 Å². The first-order valence-electron chi connectivity index (χ1n) is 5.23. The molecular weight excluding hydrogens is 239 g/mol. The molecule has 0 bridgehead atoms. The summed E-state index contributed by atoms with van der Waals surface area (Å²) in [5, 5.41) is 10.4. The lowest BCUT2D eigenvalue weighted by Crippen LogP contribution is -1.97. The molecule has 2 N–H and O–H groups in total. The molecule has 0 saturated heterocycles. The van der Waals surface area contributed by atoms with E-state index in [2.05, 4.69) is 9.97 Å². The molecule has 0 saturated carbocycles. The Kier molecular flexibility index (Phi) is 3.49. The van der Waals surface area contributed by atoms with Crippen LogP contribution in [0.25, 0.3) is 0 Å². The largest absolute Gasteiger partial charge is 0.389 e. The number of aromatic amines is 1. The number of aliphatic hydroxyl groups excluding tert-OH is 1. The molecule has 0 aliphatic rings. The smallest absolute Gasteiger partial charge is 0.170 e. The van der Waals surface area contributed by atoms with Crippen LogP contribution in [0.1, 0.15) is 24.2 Å². The van der Waals surface area contributed by atoms with Gasteiger partial charge in [-0.2, -0.15) is 0 Å². The molecule has 0 fully saturated rings. The van der Waals surface area contributed by atoms with E-state index in [1.807, 2.05) is 0 Å². The standard InChI is InChI=1S/C12H13FN2OS/c1-7-5-11(17-12-14-3-4-15-12)9(8(2)16)6-10(7)13/h3-6,8,16H,1-2H3,(H,14,15)/t8-/m0/s1. The maximum absolute atomic E-state index is 13.5. The topological polar surface area (TPSA) is 48.9 Å². The summed E-state index contributed by atoms with van der Waals surface area (Å²) in [5.41, 5.74) is 1.14. The summed E-state index contributed by atoms with van der Waals surface area (Å²) in [4.78, 5) is 7.87. The average molecular weight is 252 g/mol. The van der Waals surface area contributed by atoms with Gasteiger partial charge in [-0.25, -0.2) is 9.37 Å². The number of hydrogen-bond donors (Lipinski definition) is 2. The molecular formula is C12H13FN2OS. The molecule has 2 rings (SSSR count). The Bertz CT molecular complexity index is 511. The van der Waals surface area contributed by atoms with Gasteiger partial charge in [-0.1, -0.05) is 11.8 Å². The Hall–Kier alpha value is -1.33. The molecule has 0 unspecified atom stereocenters. The van der Waals surface area contributed by atoms with Gasteiger partial charge in [-0.15, -0.1) is 0 Å². The van der Waals surface area contributed by atoms with Crippen LogP contribution in [-0.4, -0.2) is 15.1 Å². The minimum atomic E-state index is -0.706. The van der Waals surface area contributed by atoms with Crippen LogP contribution in [0.15, 0.2) is 34.6 Å². The summed E-state index contributed by atoms with van der Waals surface area (Å²) in [6.45, 7) is 3.32. The van der Waals surface area contributed by atoms with Crippen molar-refractivity contribution in [2.45, 2.75) is 30.0 Å². The fourth-order valence-corrected chi connectivity index (χ4v) is 2.53. The molecule has 0 amide bonds. The number of H-pyrrole nitrogens is 1. The van der Waals surface area contributed by atoms with Crippen molar-refractivity contribution >= 4 is 11.8 Å². The lowest BCUT2D eigenvalue weighted by atomic mass is 10.1. The van der Waals surface area contributed by atoms with E-state index in [4.69, 9.17) is 0 Å². The van der Waals surface area contributed by atoms with Gasteiger partial charge in [0.15, 0.2) is 5.16 Å². The molecule has 1 atom stereocenters. The van der Waals surface area contributed by atoms with Crippen molar-refractivity contribution in [3.05, 3.63) is 41.5 Å². The zero-order chi connectivity index (χ0) is 12.4. The Morgan fingerprint density at radius 1 is 1.47 bits per heavy atom. The van der Waals surface area contributed by atoms with Gasteiger partial charge in [0.1, 0.15) is 5.82 Å². The molecule has 1 heterocycles. The summed E-state index contributed by atoms with van der Waals surface area (Å²) in [6.07, 6.45) is 2.67. The quantitative estimate of drug-likeness (QED) is 0.882. The highest BCUT2D eigenvalue weighted by Crippen LogP contribution is 2.33. The van der Waals surface area contributed by atoms with E-state index >= 15 is 0 Å². The number of halogens is 1. The number of rotatable bonds is 3. The first kappa shape index (κ1) is 12.1. The maximum Gasteiger partial charge on any atom is 0.170 e. The number of hydrogen-bond acceptors (Lipinski definition) is 3. The zero-order valence-corrected chi connectivity index (χ0v) is 10.4. The fraction of sp³-hybridized carbons (Fsp3) is 0.250. The van der Waals surface area contributed by atoms with Crippen LogP contribution in [-0.2, 0) is 0 Å². The van der Waals surface area contributed by atoms with Crippen molar-refractivity contribution in [2.75, 3.05) is 0 Å². The Balaban J connectivity index is 2.41. The minimum Gasteiger partial charge on any atom is -0.389 e. The lowest BCUT2D eigenvalue weighted by Gasteiger charge is -2.12. The summed E-state index contributed by atoms with van der Waals surface area (Å²) in [5.74, 6) is -0.301. The molecule has 0 aliphatic heterocycles. The van der Waals surface area contributed by atoms with Crippen molar-refractivity contribution in [3.63, 3.8) is 0 Å². The van der Waals surface area contributed by atoms with E-state index in [1.54, 1.807) is 32.3 Å². The Morgan fingerprint density at radius 3 is 2.82 bits per heavy atom. The van der Waals surface area contributed by atoms with Gasteiger partial charge in [0.2, 0.25) is 0 Å². The normalized spacial score (nSPS) is 12.7. The third kappa shape index (κ3) is 2.68. The number of imidazole rings is 1. The summed E-state index contributed by atoms with van der Waals surface area (Å²) >= 11 is 1.38. The monoisotopic (exact) mass is 252 g/mol. The van der Waals surface area contributed by atoms with Crippen LogP contribution >= 0.6 is 11.8 Å². The SMILES string of the molecule is Cc1cc(Sc2ncc[nH]2)c([C@H](C)O)cc1F. The van der Waals surface area contributed by atoms with Crippen LogP contribution < -0.4 is 0 Å². The van der Waals surface area contributed by atoms with Gasteiger partial charge < -0.3 is 10.1 Å². The zero-order valence-electron chi connectivity index (χ0n) is 9.57. The highest BCUT2D eigenvalue weighted by Gasteiger charge is 2.13. The maximum atomic E-state index is 13.5. The highest BCUT2D eigenvalue weighted by atomic mass is 32.2. The number of benzene rings is 1. The van der Waals surface area contributed by atoms with E-state index in [1.165, 1.54) is 17.8 Å². The van der Waals surface area contributed by atoms with Crippen LogP contribution in [0.3, 0.4) is 0 Å². The molecule has 3 nitrogen and oxygen atoms in total. The van der Waals surface area contributed by atoms with E-state index in [-0.39, 0.29) is 5.82 Å². The molecule has 0 spiro atoms. The molecule has 2 aromatic rings. The lowest BCUT2D eigenvalue weighted by molar-refractivity contribution is 0.196. The highest BCUT2D eigenvalue weighted by molar-refractivity contribution is 7.99. The summed E-state index contributed by atoms with van der Waals surface area (Å²) in [6, 6.07) is 3.11. The van der Waals surface area contributed by atoms with E-state index in [0.717, 1.165) is 10.1 Å². The van der Waals surface area contributed by atoms with Gasteiger partial charge in [-0.05, 0) is 37.1 Å². The van der Waals surface area contributed by atoms with E-state index in [9.17, 15) is 9.50 Å². The summed E-state index contributed by atoms with van der Waals surface area (Å²) in [7, 11) is 0. The summed E-state index contributed by atoms with van der Waals surface area (Å²) < 4.78 is 13.5. The second-order valence-corrected chi connectivity index (χ2v) is 4.84. The second kappa shape index (κ2) is 4.89. The average Bonchev–Trinajstić information content (AvgIpc) is 2.75. The molecule has 1 aromatic carbocycles. The van der Waals surface area contributed by atoms with Crippen LogP contribution in [0.2, 0.25) is 0 Å². The van der Waals surface area contributed by atoms with Gasteiger partial charge in [0.25, 0.3) is 0 Å². The number of nitrogens with one attached hydrogen (secondary N) is 1. The number of aryl methyl sites for hydroxylation is 1. The second-order valence-electron chi connectivity index (χ2n) is 3.81. The predicted octanol–water partition coefficient (Wildman–Crippen LogP) is 3.06. The van der Waals surface area contributed by atoms with Crippen molar-refractivity contribution in [2.24, 2.45) is 0 Å². The number of nitrogens with zero attached hydrogens (tertiary/aromatic N) is 1. The van der Waals surface area contributed by atoms with Crippen molar-refractivity contribution in [3.8, 4) is 0 Å². The fourth-order valence-electron chi connectivity index (χ4n) is 1.50. The Labute approximate surface area is 103 Å². The molecule has 90 valence electrons. The first-order valence-corrected chi connectivity index (χ1v) is 6.05. The van der Waals surface area contributed by atoms with Crippen molar-refractivity contribution < 1.29 is 9.50 Å². The molecule has 1 aromatic heterocycles. The molecule has 17 heavy (non-hydrogen) atoms. The van der Waals surface area contributed by atoms with Gasteiger partial charge in [0.05, 0.1) is 6.10 Å². The number of aromatic nitrogens is 2.